The fourth-order valence-corrected chi connectivity index (χ4v) is 4.45. The van der Waals surface area contributed by atoms with Gasteiger partial charge in [0.1, 0.15) is 0 Å². The van der Waals surface area contributed by atoms with Gasteiger partial charge in [-0.15, -0.1) is 0 Å². The van der Waals surface area contributed by atoms with Crippen molar-refractivity contribution in [3.05, 3.63) is 57.6 Å². The Morgan fingerprint density at radius 2 is 1.16 bits per heavy atom. The molecule has 0 radical (unpaired) electrons. The van der Waals surface area contributed by atoms with Crippen molar-refractivity contribution in [2.75, 3.05) is 16.3 Å². The Kier molecular flexibility index (Phi) is 4.36. The predicted molar refractivity (Wildman–Crippen MR) is 108 cm³/mol. The molecule has 1 fully saturated rings. The Morgan fingerprint density at radius 3 is 1.60 bits per heavy atom. The van der Waals surface area contributed by atoms with Gasteiger partial charge in [0.05, 0.1) is 6.04 Å². The standard InChI is InChI=1S/C22H29N3/c1-13-8-15(3)20(16(4)9-13)24-12-19(7)25(22(24)23)21-17(5)10-14(2)11-18(21)6/h8-11,19,23H,12H2,1-7H3. The van der Waals surface area contributed by atoms with E-state index in [2.05, 4.69) is 82.5 Å². The first kappa shape index (κ1) is 17.5. The summed E-state index contributed by atoms with van der Waals surface area (Å²) < 4.78 is 0. The maximum atomic E-state index is 8.91. The maximum absolute atomic E-state index is 8.91. The number of benzene rings is 2. The highest BCUT2D eigenvalue weighted by molar-refractivity contribution is 6.09. The smallest absolute Gasteiger partial charge is 0.203 e. The average Bonchev–Trinajstić information content (AvgIpc) is 2.73. The van der Waals surface area contributed by atoms with Gasteiger partial charge < -0.3 is 9.80 Å². The predicted octanol–water partition coefficient (Wildman–Crippen LogP) is 5.19. The number of anilines is 2. The van der Waals surface area contributed by atoms with E-state index in [4.69, 9.17) is 5.41 Å². The van der Waals surface area contributed by atoms with E-state index >= 15 is 0 Å². The normalized spacial score (nSPS) is 17.6. The van der Waals surface area contributed by atoms with E-state index in [1.54, 1.807) is 0 Å². The van der Waals surface area contributed by atoms with E-state index in [9.17, 15) is 0 Å². The second kappa shape index (κ2) is 6.21. The maximum Gasteiger partial charge on any atom is 0.203 e. The lowest BCUT2D eigenvalue weighted by atomic mass is 10.0. The van der Waals surface area contributed by atoms with Crippen LogP contribution in [0.1, 0.15) is 40.3 Å². The second-order valence-electron chi connectivity index (χ2n) is 7.65. The Morgan fingerprint density at radius 1 is 0.760 bits per heavy atom. The largest absolute Gasteiger partial charge is 0.310 e. The van der Waals surface area contributed by atoms with Crippen molar-refractivity contribution in [1.29, 1.82) is 5.41 Å². The van der Waals surface area contributed by atoms with Crippen LogP contribution in [0.5, 0.6) is 0 Å². The summed E-state index contributed by atoms with van der Waals surface area (Å²) in [6.07, 6.45) is 0. The van der Waals surface area contributed by atoms with Crippen LogP contribution >= 0.6 is 0 Å². The Bertz CT molecular complexity index is 804. The zero-order valence-electron chi connectivity index (χ0n) is 16.5. The molecule has 0 aliphatic carbocycles. The first-order chi connectivity index (χ1) is 11.7. The van der Waals surface area contributed by atoms with Crippen LogP contribution in [-0.2, 0) is 0 Å². The minimum absolute atomic E-state index is 0.271. The summed E-state index contributed by atoms with van der Waals surface area (Å²) in [7, 11) is 0. The van der Waals surface area contributed by atoms with Gasteiger partial charge in [0.25, 0.3) is 0 Å². The SMILES string of the molecule is Cc1cc(C)c(N2CC(C)N(c3c(C)cc(C)cc3C)C2=N)c(C)c1. The van der Waals surface area contributed by atoms with Crippen molar-refractivity contribution >= 4 is 17.3 Å². The molecule has 1 N–H and O–H groups in total. The van der Waals surface area contributed by atoms with Gasteiger partial charge >= 0.3 is 0 Å². The molecule has 3 nitrogen and oxygen atoms in total. The second-order valence-corrected chi connectivity index (χ2v) is 7.65. The molecule has 1 aliphatic rings. The van der Waals surface area contributed by atoms with E-state index in [1.165, 1.54) is 44.8 Å². The number of aryl methyl sites for hydroxylation is 6. The molecule has 3 heteroatoms. The Hall–Kier alpha value is -2.29. The molecular formula is C22H29N3. The van der Waals surface area contributed by atoms with E-state index < -0.39 is 0 Å². The number of rotatable bonds is 2. The monoisotopic (exact) mass is 335 g/mol. The molecule has 0 saturated carbocycles. The van der Waals surface area contributed by atoms with Crippen molar-refractivity contribution in [2.45, 2.75) is 54.5 Å². The van der Waals surface area contributed by atoms with Crippen molar-refractivity contribution in [3.63, 3.8) is 0 Å². The molecule has 0 amide bonds. The van der Waals surface area contributed by atoms with Gasteiger partial charge in [0.2, 0.25) is 5.96 Å². The quantitative estimate of drug-likeness (QED) is 0.819. The summed E-state index contributed by atoms with van der Waals surface area (Å²) >= 11 is 0. The molecular weight excluding hydrogens is 306 g/mol. The highest BCUT2D eigenvalue weighted by Crippen LogP contribution is 2.36. The van der Waals surface area contributed by atoms with Crippen molar-refractivity contribution < 1.29 is 0 Å². The average molecular weight is 335 g/mol. The molecule has 2 aromatic rings. The summed E-state index contributed by atoms with van der Waals surface area (Å²) in [5, 5.41) is 8.91. The molecule has 1 unspecified atom stereocenters. The van der Waals surface area contributed by atoms with Gasteiger partial charge in [-0.05, 0) is 70.7 Å². The Labute approximate surface area is 151 Å². The van der Waals surface area contributed by atoms with Gasteiger partial charge in [-0.3, -0.25) is 5.41 Å². The van der Waals surface area contributed by atoms with E-state index in [0.29, 0.717) is 5.96 Å². The van der Waals surface area contributed by atoms with Crippen LogP contribution in [-0.4, -0.2) is 18.5 Å². The topological polar surface area (TPSA) is 30.3 Å². The van der Waals surface area contributed by atoms with Gasteiger partial charge in [0.15, 0.2) is 0 Å². The van der Waals surface area contributed by atoms with E-state index in [0.717, 1.165) is 6.54 Å². The van der Waals surface area contributed by atoms with Crippen LogP contribution in [0.15, 0.2) is 24.3 Å². The zero-order chi connectivity index (χ0) is 18.5. The van der Waals surface area contributed by atoms with Crippen LogP contribution in [0.3, 0.4) is 0 Å². The third kappa shape index (κ3) is 2.92. The third-order valence-corrected chi connectivity index (χ3v) is 5.15. The van der Waals surface area contributed by atoms with E-state index in [-0.39, 0.29) is 6.04 Å². The molecule has 1 atom stereocenters. The summed E-state index contributed by atoms with van der Waals surface area (Å²) in [4.78, 5) is 4.37. The number of nitrogens with one attached hydrogen (secondary N) is 1. The zero-order valence-corrected chi connectivity index (χ0v) is 16.5. The summed E-state index contributed by atoms with van der Waals surface area (Å²) in [5.41, 5.74) is 9.91. The lowest BCUT2D eigenvalue weighted by Gasteiger charge is -2.28. The molecule has 0 bridgehead atoms. The van der Waals surface area contributed by atoms with Crippen molar-refractivity contribution in [3.8, 4) is 0 Å². The summed E-state index contributed by atoms with van der Waals surface area (Å²) in [5.74, 6) is 0.581. The minimum Gasteiger partial charge on any atom is -0.310 e. The molecule has 1 heterocycles. The van der Waals surface area contributed by atoms with Crippen LogP contribution < -0.4 is 9.80 Å². The molecule has 25 heavy (non-hydrogen) atoms. The highest BCUT2D eigenvalue weighted by Gasteiger charge is 2.36. The Balaban J connectivity index is 2.07. The van der Waals surface area contributed by atoms with Gasteiger partial charge in [0, 0.05) is 17.9 Å². The third-order valence-electron chi connectivity index (χ3n) is 5.15. The van der Waals surface area contributed by atoms with Gasteiger partial charge in [-0.25, -0.2) is 0 Å². The number of hydrogen-bond acceptors (Lipinski definition) is 1. The lowest BCUT2D eigenvalue weighted by Crippen LogP contribution is -2.36. The fraction of sp³-hybridized carbons (Fsp3) is 0.409. The molecule has 132 valence electrons. The lowest BCUT2D eigenvalue weighted by molar-refractivity contribution is 0.788. The molecule has 1 aliphatic heterocycles. The summed E-state index contributed by atoms with van der Waals surface area (Å²) in [6.45, 7) is 15.9. The minimum atomic E-state index is 0.271. The number of guanidine groups is 1. The number of nitrogens with zero attached hydrogens (tertiary/aromatic N) is 2. The highest BCUT2D eigenvalue weighted by atomic mass is 15.4. The van der Waals surface area contributed by atoms with Crippen LogP contribution in [0, 0.1) is 47.0 Å². The van der Waals surface area contributed by atoms with Crippen molar-refractivity contribution in [2.24, 2.45) is 0 Å². The molecule has 1 saturated heterocycles. The van der Waals surface area contributed by atoms with E-state index in [1.807, 2.05) is 0 Å². The van der Waals surface area contributed by atoms with Crippen molar-refractivity contribution in [1.82, 2.24) is 0 Å². The molecule has 2 aromatic carbocycles. The molecule has 0 spiro atoms. The first-order valence-electron chi connectivity index (χ1n) is 9.01. The first-order valence-corrected chi connectivity index (χ1v) is 9.01. The molecule has 0 aromatic heterocycles. The number of hydrogen-bond donors (Lipinski definition) is 1. The van der Waals surface area contributed by atoms with Crippen LogP contribution in [0.4, 0.5) is 11.4 Å². The van der Waals surface area contributed by atoms with Gasteiger partial charge in [-0.2, -0.15) is 0 Å². The van der Waals surface area contributed by atoms with Crippen LogP contribution in [0.25, 0.3) is 0 Å². The molecule has 3 rings (SSSR count). The fourth-order valence-electron chi connectivity index (χ4n) is 4.45. The summed E-state index contributed by atoms with van der Waals surface area (Å²) in [6, 6.07) is 9.13. The van der Waals surface area contributed by atoms with Gasteiger partial charge in [-0.1, -0.05) is 35.4 Å². The van der Waals surface area contributed by atoms with Crippen LogP contribution in [0.2, 0.25) is 0 Å².